The first-order valence-corrected chi connectivity index (χ1v) is 5.97. The number of morpholine rings is 1. The van der Waals surface area contributed by atoms with Gasteiger partial charge in [-0.05, 0) is 0 Å². The number of aromatic amines is 1. The molecule has 1 fully saturated rings. The lowest BCUT2D eigenvalue weighted by Crippen LogP contribution is -2.43. The molecule has 0 aromatic carbocycles. The van der Waals surface area contributed by atoms with Crippen LogP contribution in [0.25, 0.3) is 0 Å². The van der Waals surface area contributed by atoms with Crippen molar-refractivity contribution in [3.8, 4) is 0 Å². The third-order valence-corrected chi connectivity index (χ3v) is 3.59. The average Bonchev–Trinajstić information content (AvgIpc) is 2.71. The summed E-state index contributed by atoms with van der Waals surface area (Å²) >= 11 is 0. The number of aromatic nitrogens is 2. The summed E-state index contributed by atoms with van der Waals surface area (Å²) in [5, 5.41) is 6.19. The van der Waals surface area contributed by atoms with Gasteiger partial charge in [-0.2, -0.15) is 17.8 Å². The SMILES string of the molecule is O=S(=O)(Nc1cn[nH]c1)N1CCOCC1. The van der Waals surface area contributed by atoms with Gasteiger partial charge in [0.15, 0.2) is 0 Å². The molecule has 7 nitrogen and oxygen atoms in total. The molecule has 2 N–H and O–H groups in total. The molecular weight excluding hydrogens is 220 g/mol. The van der Waals surface area contributed by atoms with E-state index in [1.54, 1.807) is 0 Å². The lowest BCUT2D eigenvalue weighted by atomic mass is 10.5. The Labute approximate surface area is 87.6 Å². The van der Waals surface area contributed by atoms with E-state index in [9.17, 15) is 8.42 Å². The fraction of sp³-hybridized carbons (Fsp3) is 0.571. The smallest absolute Gasteiger partial charge is 0.301 e. The monoisotopic (exact) mass is 232 g/mol. The Morgan fingerprint density at radius 3 is 2.80 bits per heavy atom. The first-order chi connectivity index (χ1) is 7.18. The number of H-pyrrole nitrogens is 1. The summed E-state index contributed by atoms with van der Waals surface area (Å²) in [6.07, 6.45) is 2.90. The molecule has 8 heteroatoms. The van der Waals surface area contributed by atoms with Gasteiger partial charge in [-0.1, -0.05) is 0 Å². The topological polar surface area (TPSA) is 87.3 Å². The van der Waals surface area contributed by atoms with Crippen molar-refractivity contribution in [1.82, 2.24) is 14.5 Å². The second-order valence-corrected chi connectivity index (χ2v) is 4.78. The van der Waals surface area contributed by atoms with Crippen molar-refractivity contribution in [2.75, 3.05) is 31.0 Å². The van der Waals surface area contributed by atoms with E-state index in [0.29, 0.717) is 32.0 Å². The number of rotatable bonds is 3. The van der Waals surface area contributed by atoms with Crippen LogP contribution < -0.4 is 4.72 Å². The first-order valence-electron chi connectivity index (χ1n) is 4.53. The summed E-state index contributed by atoms with van der Waals surface area (Å²) < 4.78 is 32.4. The lowest BCUT2D eigenvalue weighted by Gasteiger charge is -2.25. The van der Waals surface area contributed by atoms with Crippen molar-refractivity contribution in [2.45, 2.75) is 0 Å². The highest BCUT2D eigenvalue weighted by molar-refractivity contribution is 7.90. The van der Waals surface area contributed by atoms with E-state index in [0.717, 1.165) is 0 Å². The van der Waals surface area contributed by atoms with E-state index >= 15 is 0 Å². The summed E-state index contributed by atoms with van der Waals surface area (Å²) in [5.74, 6) is 0. The maximum atomic E-state index is 11.8. The molecule has 84 valence electrons. The molecule has 0 saturated carbocycles. The Hall–Kier alpha value is -1.12. The molecule has 0 bridgehead atoms. The molecule has 1 aliphatic rings. The van der Waals surface area contributed by atoms with E-state index in [1.807, 2.05) is 0 Å². The van der Waals surface area contributed by atoms with Crippen molar-refractivity contribution >= 4 is 15.9 Å². The second kappa shape index (κ2) is 4.17. The maximum Gasteiger partial charge on any atom is 0.301 e. The van der Waals surface area contributed by atoms with Crippen molar-refractivity contribution in [3.05, 3.63) is 12.4 Å². The van der Waals surface area contributed by atoms with Crippen LogP contribution in [0, 0.1) is 0 Å². The standard InChI is InChI=1S/C7H12N4O3S/c12-15(13,10-7-5-8-9-6-7)11-1-3-14-4-2-11/h5-6,10H,1-4H2,(H,8,9). The molecule has 0 spiro atoms. The van der Waals surface area contributed by atoms with Gasteiger partial charge in [0, 0.05) is 19.3 Å². The zero-order valence-corrected chi connectivity index (χ0v) is 8.83. The van der Waals surface area contributed by atoms with E-state index in [2.05, 4.69) is 14.9 Å². The third-order valence-electron chi connectivity index (χ3n) is 2.06. The van der Waals surface area contributed by atoms with Crippen LogP contribution >= 0.6 is 0 Å². The van der Waals surface area contributed by atoms with Crippen molar-refractivity contribution in [1.29, 1.82) is 0 Å². The largest absolute Gasteiger partial charge is 0.379 e. The number of ether oxygens (including phenoxy) is 1. The fourth-order valence-electron chi connectivity index (χ4n) is 1.31. The highest BCUT2D eigenvalue weighted by Gasteiger charge is 2.24. The number of hydrogen-bond acceptors (Lipinski definition) is 4. The molecule has 0 atom stereocenters. The quantitative estimate of drug-likeness (QED) is 0.728. The first kappa shape index (κ1) is 10.4. The van der Waals surface area contributed by atoms with Crippen molar-refractivity contribution < 1.29 is 13.2 Å². The molecule has 0 unspecified atom stereocenters. The van der Waals surface area contributed by atoms with Gasteiger partial charge in [0.1, 0.15) is 0 Å². The van der Waals surface area contributed by atoms with Gasteiger partial charge in [0.25, 0.3) is 0 Å². The molecule has 0 amide bonds. The van der Waals surface area contributed by atoms with Gasteiger partial charge in [-0.15, -0.1) is 0 Å². The molecule has 1 aliphatic heterocycles. The van der Waals surface area contributed by atoms with Gasteiger partial charge >= 0.3 is 10.2 Å². The predicted molar refractivity (Wildman–Crippen MR) is 53.5 cm³/mol. The minimum absolute atomic E-state index is 0.382. The molecule has 1 aromatic heterocycles. The number of anilines is 1. The summed E-state index contributed by atoms with van der Waals surface area (Å²) in [6, 6.07) is 0. The molecular formula is C7H12N4O3S. The normalized spacial score (nSPS) is 18.9. The van der Waals surface area contributed by atoms with Crippen LogP contribution in [0.5, 0.6) is 0 Å². The number of nitrogens with zero attached hydrogens (tertiary/aromatic N) is 2. The van der Waals surface area contributed by atoms with Gasteiger partial charge in [0.2, 0.25) is 0 Å². The third kappa shape index (κ3) is 2.46. The van der Waals surface area contributed by atoms with Gasteiger partial charge in [-0.25, -0.2) is 0 Å². The zero-order chi connectivity index (χ0) is 10.7. The predicted octanol–water partition coefficient (Wildman–Crippen LogP) is -0.601. The Balaban J connectivity index is 2.05. The summed E-state index contributed by atoms with van der Waals surface area (Å²) in [6.45, 7) is 1.64. The Morgan fingerprint density at radius 1 is 1.47 bits per heavy atom. The van der Waals surface area contributed by atoms with E-state index in [4.69, 9.17) is 4.74 Å². The average molecular weight is 232 g/mol. The Morgan fingerprint density at radius 2 is 2.20 bits per heavy atom. The summed E-state index contributed by atoms with van der Waals surface area (Å²) in [7, 11) is -3.46. The number of hydrogen-bond donors (Lipinski definition) is 2. The summed E-state index contributed by atoms with van der Waals surface area (Å²) in [5.41, 5.74) is 0.432. The van der Waals surface area contributed by atoms with E-state index < -0.39 is 10.2 Å². The Kier molecular flexibility index (Phi) is 2.89. The molecule has 1 aromatic rings. The zero-order valence-electron chi connectivity index (χ0n) is 8.01. The minimum Gasteiger partial charge on any atom is -0.379 e. The molecule has 2 rings (SSSR count). The highest BCUT2D eigenvalue weighted by atomic mass is 32.2. The minimum atomic E-state index is -3.46. The van der Waals surface area contributed by atoms with Crippen LogP contribution in [0.3, 0.4) is 0 Å². The van der Waals surface area contributed by atoms with Crippen molar-refractivity contribution in [3.63, 3.8) is 0 Å². The van der Waals surface area contributed by atoms with Crippen LogP contribution in [0.15, 0.2) is 12.4 Å². The number of nitrogens with one attached hydrogen (secondary N) is 2. The van der Waals surface area contributed by atoms with Crippen LogP contribution in [0.4, 0.5) is 5.69 Å². The van der Waals surface area contributed by atoms with Crippen LogP contribution in [-0.4, -0.2) is 49.2 Å². The van der Waals surface area contributed by atoms with Crippen LogP contribution in [-0.2, 0) is 14.9 Å². The highest BCUT2D eigenvalue weighted by Crippen LogP contribution is 2.10. The molecule has 0 aliphatic carbocycles. The molecule has 2 heterocycles. The summed E-state index contributed by atoms with van der Waals surface area (Å²) in [4.78, 5) is 0. The van der Waals surface area contributed by atoms with Gasteiger partial charge in [-0.3, -0.25) is 9.82 Å². The maximum absolute atomic E-state index is 11.8. The molecule has 0 radical (unpaired) electrons. The van der Waals surface area contributed by atoms with Gasteiger partial charge < -0.3 is 4.74 Å². The van der Waals surface area contributed by atoms with Crippen molar-refractivity contribution in [2.24, 2.45) is 0 Å². The second-order valence-electron chi connectivity index (χ2n) is 3.11. The van der Waals surface area contributed by atoms with E-state index in [1.165, 1.54) is 16.7 Å². The fourth-order valence-corrected chi connectivity index (χ4v) is 2.48. The van der Waals surface area contributed by atoms with Gasteiger partial charge in [0.05, 0.1) is 25.1 Å². The molecule has 15 heavy (non-hydrogen) atoms. The van der Waals surface area contributed by atoms with Crippen LogP contribution in [0.2, 0.25) is 0 Å². The Bertz CT molecular complexity index is 396. The lowest BCUT2D eigenvalue weighted by molar-refractivity contribution is 0.0733. The molecule has 1 saturated heterocycles. The van der Waals surface area contributed by atoms with E-state index in [-0.39, 0.29) is 0 Å². The van der Waals surface area contributed by atoms with Crippen LogP contribution in [0.1, 0.15) is 0 Å².